The Hall–Kier alpha value is -1.37. The minimum atomic E-state index is -1.06. The summed E-state index contributed by atoms with van der Waals surface area (Å²) in [6.07, 6.45) is 9.59. The standard InChI is InChI=1S/C16H19NOS/c1-5-14-15(17(14)19(18)16(2,3)4)12-11-13-9-7-6-8-10-13/h1,6-12,14-15H,2-4H3/b12-11+/t14-,15-,17?,19-/m1/s1. The average Bonchev–Trinajstić information content (AvgIpc) is 3.08. The van der Waals surface area contributed by atoms with Crippen LogP contribution in [0.2, 0.25) is 0 Å². The molecule has 0 bridgehead atoms. The highest BCUT2D eigenvalue weighted by atomic mass is 32.2. The van der Waals surface area contributed by atoms with Crippen molar-refractivity contribution in [2.45, 2.75) is 37.6 Å². The van der Waals surface area contributed by atoms with Gasteiger partial charge in [-0.3, -0.25) is 0 Å². The first-order valence-corrected chi connectivity index (χ1v) is 7.45. The van der Waals surface area contributed by atoms with Gasteiger partial charge in [0.1, 0.15) is 17.0 Å². The lowest BCUT2D eigenvalue weighted by atomic mass is 10.2. The molecule has 0 N–H and O–H groups in total. The summed E-state index contributed by atoms with van der Waals surface area (Å²) in [4.78, 5) is 0. The van der Waals surface area contributed by atoms with E-state index in [9.17, 15) is 4.21 Å². The maximum atomic E-state index is 12.3. The van der Waals surface area contributed by atoms with E-state index in [1.807, 2.05) is 67.6 Å². The summed E-state index contributed by atoms with van der Waals surface area (Å²) in [7, 11) is -1.06. The molecule has 1 aromatic carbocycles. The van der Waals surface area contributed by atoms with Gasteiger partial charge in [0.05, 0.1) is 10.8 Å². The molecule has 0 saturated carbocycles. The number of hydrogen-bond acceptors (Lipinski definition) is 1. The highest BCUT2D eigenvalue weighted by molar-refractivity contribution is 7.84. The van der Waals surface area contributed by atoms with Crippen LogP contribution in [0.15, 0.2) is 36.4 Å². The van der Waals surface area contributed by atoms with E-state index in [1.54, 1.807) is 0 Å². The lowest BCUT2D eigenvalue weighted by Crippen LogP contribution is -2.28. The molecule has 100 valence electrons. The molecule has 1 aliphatic heterocycles. The predicted octanol–water partition coefficient (Wildman–Crippen LogP) is 2.85. The molecule has 1 fully saturated rings. The highest BCUT2D eigenvalue weighted by Gasteiger charge is 2.51. The molecule has 3 heteroatoms. The van der Waals surface area contributed by atoms with Crippen LogP contribution in [-0.4, -0.2) is 25.3 Å². The fraction of sp³-hybridized carbons (Fsp3) is 0.375. The molecule has 0 radical (unpaired) electrons. The van der Waals surface area contributed by atoms with Crippen LogP contribution in [-0.2, 0) is 11.0 Å². The van der Waals surface area contributed by atoms with Crippen LogP contribution in [0.5, 0.6) is 0 Å². The first-order chi connectivity index (χ1) is 8.95. The van der Waals surface area contributed by atoms with Gasteiger partial charge in [-0.15, -0.1) is 6.42 Å². The lowest BCUT2D eigenvalue weighted by molar-refractivity contribution is 0.608. The van der Waals surface area contributed by atoms with E-state index in [0.29, 0.717) is 0 Å². The van der Waals surface area contributed by atoms with Gasteiger partial charge in [-0.1, -0.05) is 48.4 Å². The molecule has 0 amide bonds. The van der Waals surface area contributed by atoms with Gasteiger partial charge < -0.3 is 0 Å². The van der Waals surface area contributed by atoms with Crippen molar-refractivity contribution in [2.24, 2.45) is 0 Å². The van der Waals surface area contributed by atoms with Crippen LogP contribution >= 0.6 is 0 Å². The van der Waals surface area contributed by atoms with Crippen molar-refractivity contribution in [2.75, 3.05) is 0 Å². The van der Waals surface area contributed by atoms with Gasteiger partial charge in [-0.25, -0.2) is 4.21 Å². The summed E-state index contributed by atoms with van der Waals surface area (Å²) in [5, 5.41) is 0. The lowest BCUT2D eigenvalue weighted by Gasteiger charge is -2.18. The Balaban J connectivity index is 2.09. The Bertz CT molecular complexity index is 536. The number of nitrogens with zero attached hydrogens (tertiary/aromatic N) is 1. The fourth-order valence-corrected chi connectivity index (χ4v) is 3.27. The fourth-order valence-electron chi connectivity index (χ4n) is 1.89. The second kappa shape index (κ2) is 5.32. The zero-order valence-corrected chi connectivity index (χ0v) is 12.4. The van der Waals surface area contributed by atoms with E-state index in [0.717, 1.165) is 5.56 Å². The minimum absolute atomic E-state index is 0.0416. The molecule has 0 aromatic heterocycles. The Morgan fingerprint density at radius 3 is 2.47 bits per heavy atom. The number of hydrogen-bond donors (Lipinski definition) is 0. The van der Waals surface area contributed by atoms with Gasteiger partial charge in [0, 0.05) is 0 Å². The largest absolute Gasteiger partial charge is 0.242 e. The third-order valence-corrected chi connectivity index (χ3v) is 4.87. The van der Waals surface area contributed by atoms with Crippen molar-refractivity contribution in [1.82, 2.24) is 4.31 Å². The number of rotatable bonds is 3. The van der Waals surface area contributed by atoms with Crippen molar-refractivity contribution < 1.29 is 4.21 Å². The second-order valence-corrected chi connectivity index (χ2v) is 7.74. The Morgan fingerprint density at radius 1 is 1.32 bits per heavy atom. The molecule has 19 heavy (non-hydrogen) atoms. The molecule has 2 nitrogen and oxygen atoms in total. The van der Waals surface area contributed by atoms with Gasteiger partial charge in [0.2, 0.25) is 0 Å². The molecule has 1 heterocycles. The predicted molar refractivity (Wildman–Crippen MR) is 81.6 cm³/mol. The van der Waals surface area contributed by atoms with Gasteiger partial charge >= 0.3 is 0 Å². The van der Waals surface area contributed by atoms with Crippen LogP contribution in [0.4, 0.5) is 0 Å². The Morgan fingerprint density at radius 2 is 1.95 bits per heavy atom. The molecule has 1 unspecified atom stereocenters. The van der Waals surface area contributed by atoms with E-state index >= 15 is 0 Å². The van der Waals surface area contributed by atoms with Crippen LogP contribution in [0.1, 0.15) is 26.3 Å². The summed E-state index contributed by atoms with van der Waals surface area (Å²) in [5.41, 5.74) is 1.13. The molecule has 2 rings (SSSR count). The summed E-state index contributed by atoms with van der Waals surface area (Å²) in [6.45, 7) is 5.90. The van der Waals surface area contributed by atoms with Crippen molar-refractivity contribution in [3.63, 3.8) is 0 Å². The van der Waals surface area contributed by atoms with Crippen molar-refractivity contribution in [3.05, 3.63) is 42.0 Å². The van der Waals surface area contributed by atoms with E-state index in [-0.39, 0.29) is 16.8 Å². The molecule has 0 aliphatic carbocycles. The molecular weight excluding hydrogens is 254 g/mol. The first-order valence-electron chi connectivity index (χ1n) is 6.35. The SMILES string of the molecule is C#C[C@@H]1[C@@H](/C=C/c2ccccc2)N1[S@](=O)C(C)(C)C. The third kappa shape index (κ3) is 3.15. The number of terminal acetylenes is 1. The second-order valence-electron chi connectivity index (χ2n) is 5.59. The zero-order chi connectivity index (χ0) is 14.0. The van der Waals surface area contributed by atoms with Crippen molar-refractivity contribution in [1.29, 1.82) is 0 Å². The van der Waals surface area contributed by atoms with Crippen LogP contribution in [0.25, 0.3) is 6.08 Å². The molecule has 0 spiro atoms. The minimum Gasteiger partial charge on any atom is -0.242 e. The van der Waals surface area contributed by atoms with Crippen LogP contribution in [0, 0.1) is 12.3 Å². The maximum Gasteiger partial charge on any atom is 0.104 e. The van der Waals surface area contributed by atoms with Gasteiger partial charge in [0.15, 0.2) is 0 Å². The average molecular weight is 273 g/mol. The molecule has 1 aliphatic rings. The summed E-state index contributed by atoms with van der Waals surface area (Å²) < 4.78 is 13.9. The third-order valence-electron chi connectivity index (χ3n) is 2.97. The van der Waals surface area contributed by atoms with Crippen LogP contribution in [0.3, 0.4) is 0 Å². The zero-order valence-electron chi connectivity index (χ0n) is 11.5. The molecular formula is C16H19NOS. The first kappa shape index (κ1) is 14.0. The quantitative estimate of drug-likeness (QED) is 0.612. The molecule has 4 atom stereocenters. The van der Waals surface area contributed by atoms with Gasteiger partial charge in [0.25, 0.3) is 0 Å². The maximum absolute atomic E-state index is 12.3. The summed E-state index contributed by atoms with van der Waals surface area (Å²) >= 11 is 0. The summed E-state index contributed by atoms with van der Waals surface area (Å²) in [5.74, 6) is 2.71. The molecule has 1 aromatic rings. The van der Waals surface area contributed by atoms with E-state index in [2.05, 4.69) is 5.92 Å². The monoisotopic (exact) mass is 273 g/mol. The molecule has 1 saturated heterocycles. The Kier molecular flexibility index (Phi) is 3.93. The summed E-state index contributed by atoms with van der Waals surface area (Å²) in [6, 6.07) is 10.1. The van der Waals surface area contributed by atoms with Crippen LogP contribution < -0.4 is 0 Å². The number of benzene rings is 1. The van der Waals surface area contributed by atoms with Crippen molar-refractivity contribution >= 4 is 17.1 Å². The normalized spacial score (nSPS) is 28.0. The van der Waals surface area contributed by atoms with Gasteiger partial charge in [-0.2, -0.15) is 4.31 Å². The van der Waals surface area contributed by atoms with E-state index < -0.39 is 11.0 Å². The van der Waals surface area contributed by atoms with E-state index in [1.165, 1.54) is 0 Å². The highest BCUT2D eigenvalue weighted by Crippen LogP contribution is 2.35. The van der Waals surface area contributed by atoms with Crippen molar-refractivity contribution in [3.8, 4) is 12.3 Å². The van der Waals surface area contributed by atoms with Gasteiger partial charge in [-0.05, 0) is 26.3 Å². The Labute approximate surface area is 118 Å². The smallest absolute Gasteiger partial charge is 0.104 e. The topological polar surface area (TPSA) is 20.1 Å². The van der Waals surface area contributed by atoms with E-state index in [4.69, 9.17) is 6.42 Å².